The number of carbonyl (C=O) groups is 2. The van der Waals surface area contributed by atoms with E-state index in [0.717, 1.165) is 0 Å². The molecule has 0 radical (unpaired) electrons. The smallest absolute Gasteiger partial charge is 1.00 e. The molecule has 5 heteroatoms. The van der Waals surface area contributed by atoms with Gasteiger partial charge in [0.05, 0.1) is 0 Å². The Morgan fingerprint density at radius 3 is 1.29 bits per heavy atom. The monoisotopic (exact) mass is 224 g/mol. The zero-order valence-corrected chi connectivity index (χ0v) is 9.99. The van der Waals surface area contributed by atoms with Crippen molar-refractivity contribution in [1.29, 1.82) is 0 Å². The standard InChI is InChI=1S/C2H2O4.Cs.H/c3-1(4)2(5)6;;/h(H,3,4)(H,5,6);;/q;+1;-1. The Balaban J connectivity index is -0.000000125. The number of carboxylic acids is 2. The van der Waals surface area contributed by atoms with Crippen molar-refractivity contribution >= 4 is 11.9 Å². The molecule has 4 nitrogen and oxygen atoms in total. The fourth-order valence-electron chi connectivity index (χ4n) is 0. The Labute approximate surface area is 99.8 Å². The first-order valence-electron chi connectivity index (χ1n) is 1.11. The molecular formula is C2H3CsO4. The van der Waals surface area contributed by atoms with Crippen LogP contribution in [0.3, 0.4) is 0 Å². The van der Waals surface area contributed by atoms with Crippen LogP contribution in [0.1, 0.15) is 1.43 Å². The van der Waals surface area contributed by atoms with E-state index in [1.165, 1.54) is 0 Å². The predicted molar refractivity (Wildman–Crippen MR) is 16.4 cm³/mol. The second-order valence-electron chi connectivity index (χ2n) is 0.610. The van der Waals surface area contributed by atoms with Gasteiger partial charge in [-0.15, -0.1) is 0 Å². The molecule has 0 spiro atoms. The van der Waals surface area contributed by atoms with Crippen LogP contribution in [-0.4, -0.2) is 22.2 Å². The van der Waals surface area contributed by atoms with Crippen molar-refractivity contribution in [2.24, 2.45) is 0 Å². The fourth-order valence-corrected chi connectivity index (χ4v) is 0. The molecule has 0 saturated heterocycles. The van der Waals surface area contributed by atoms with Gasteiger partial charge in [-0.05, 0) is 0 Å². The van der Waals surface area contributed by atoms with E-state index in [0.29, 0.717) is 0 Å². The van der Waals surface area contributed by atoms with Gasteiger partial charge in [0.1, 0.15) is 0 Å². The molecule has 0 atom stereocenters. The van der Waals surface area contributed by atoms with Crippen LogP contribution < -0.4 is 68.9 Å². The minimum absolute atomic E-state index is 0. The molecule has 0 aromatic rings. The number of rotatable bonds is 0. The maximum atomic E-state index is 9.10. The molecule has 36 valence electrons. The average molecular weight is 224 g/mol. The second kappa shape index (κ2) is 5.13. The zero-order valence-electron chi connectivity index (χ0n) is 4.71. The van der Waals surface area contributed by atoms with Crippen LogP contribution in [0.25, 0.3) is 0 Å². The van der Waals surface area contributed by atoms with Crippen LogP contribution in [0.15, 0.2) is 0 Å². The van der Waals surface area contributed by atoms with E-state index in [2.05, 4.69) is 0 Å². The van der Waals surface area contributed by atoms with Crippen LogP contribution in [0, 0.1) is 0 Å². The van der Waals surface area contributed by atoms with E-state index < -0.39 is 11.9 Å². The number of hydrogen-bond acceptors (Lipinski definition) is 2. The van der Waals surface area contributed by atoms with Gasteiger partial charge in [0.2, 0.25) is 0 Å². The van der Waals surface area contributed by atoms with Crippen LogP contribution in [0.5, 0.6) is 0 Å². The molecule has 2 N–H and O–H groups in total. The Morgan fingerprint density at radius 2 is 1.29 bits per heavy atom. The summed E-state index contributed by atoms with van der Waals surface area (Å²) in [5.41, 5.74) is 0. The van der Waals surface area contributed by atoms with Crippen LogP contribution in [-0.2, 0) is 9.59 Å². The molecule has 0 rings (SSSR count). The quantitative estimate of drug-likeness (QED) is 0.415. The van der Waals surface area contributed by atoms with Gasteiger partial charge in [0, 0.05) is 0 Å². The Hall–Kier alpha value is 0.992. The first kappa shape index (κ1) is 10.9. The number of hydrogen-bond donors (Lipinski definition) is 2. The van der Waals surface area contributed by atoms with Crippen molar-refractivity contribution in [1.82, 2.24) is 0 Å². The van der Waals surface area contributed by atoms with E-state index in [1.807, 2.05) is 0 Å². The van der Waals surface area contributed by atoms with E-state index in [-0.39, 0.29) is 70.3 Å². The summed E-state index contributed by atoms with van der Waals surface area (Å²) < 4.78 is 0. The minimum Gasteiger partial charge on any atom is -1.00 e. The molecule has 0 aliphatic carbocycles. The Kier molecular flexibility index (Phi) is 7.98. The second-order valence-corrected chi connectivity index (χ2v) is 0.610. The molecule has 0 aromatic heterocycles. The van der Waals surface area contributed by atoms with E-state index >= 15 is 0 Å². The summed E-state index contributed by atoms with van der Waals surface area (Å²) >= 11 is 0. The summed E-state index contributed by atoms with van der Waals surface area (Å²) in [6, 6.07) is 0. The third-order valence-corrected chi connectivity index (χ3v) is 0.183. The molecule has 0 fully saturated rings. The van der Waals surface area contributed by atoms with Crippen molar-refractivity contribution < 1.29 is 90.1 Å². The summed E-state index contributed by atoms with van der Waals surface area (Å²) in [6.45, 7) is 0. The fraction of sp³-hybridized carbons (Fsp3) is 0. The zero-order chi connectivity index (χ0) is 5.15. The largest absolute Gasteiger partial charge is 1.00 e. The van der Waals surface area contributed by atoms with Crippen molar-refractivity contribution in [3.8, 4) is 0 Å². The van der Waals surface area contributed by atoms with E-state index in [4.69, 9.17) is 19.8 Å². The van der Waals surface area contributed by atoms with Crippen LogP contribution in [0.4, 0.5) is 0 Å². The Morgan fingerprint density at radius 1 is 1.14 bits per heavy atom. The molecule has 0 unspecified atom stereocenters. The summed E-state index contributed by atoms with van der Waals surface area (Å²) in [6.07, 6.45) is 0. The van der Waals surface area contributed by atoms with Crippen molar-refractivity contribution in [2.75, 3.05) is 0 Å². The van der Waals surface area contributed by atoms with Crippen molar-refractivity contribution in [3.05, 3.63) is 0 Å². The van der Waals surface area contributed by atoms with Crippen LogP contribution >= 0.6 is 0 Å². The first-order chi connectivity index (χ1) is 2.64. The molecule has 0 aliphatic heterocycles. The average Bonchev–Trinajstić information content (AvgIpc) is 1.36. The van der Waals surface area contributed by atoms with Gasteiger partial charge in [-0.3, -0.25) is 0 Å². The molecule has 0 bridgehead atoms. The Bertz CT molecular complexity index is 80.0. The topological polar surface area (TPSA) is 74.6 Å². The van der Waals surface area contributed by atoms with Crippen LogP contribution in [0.2, 0.25) is 0 Å². The number of carboxylic acid groups (broad SMARTS) is 2. The molecule has 7 heavy (non-hydrogen) atoms. The number of aliphatic carboxylic acids is 2. The molecule has 0 saturated carbocycles. The van der Waals surface area contributed by atoms with E-state index in [9.17, 15) is 0 Å². The maximum absolute atomic E-state index is 9.10. The molecule has 0 aliphatic rings. The van der Waals surface area contributed by atoms with Gasteiger partial charge in [0.25, 0.3) is 0 Å². The van der Waals surface area contributed by atoms with Gasteiger partial charge in [0.15, 0.2) is 0 Å². The molecular weight excluding hydrogens is 221 g/mol. The molecule has 0 heterocycles. The van der Waals surface area contributed by atoms with Gasteiger partial charge in [-0.1, -0.05) is 0 Å². The normalized spacial score (nSPS) is 6.29. The SMILES string of the molecule is O=C(O)C(=O)O.[Cs+].[H-]. The minimum atomic E-state index is -1.82. The third-order valence-electron chi connectivity index (χ3n) is 0.183. The summed E-state index contributed by atoms with van der Waals surface area (Å²) in [5.74, 6) is -3.65. The van der Waals surface area contributed by atoms with Crippen molar-refractivity contribution in [3.63, 3.8) is 0 Å². The van der Waals surface area contributed by atoms with Gasteiger partial charge < -0.3 is 11.6 Å². The molecule has 0 aromatic carbocycles. The van der Waals surface area contributed by atoms with Gasteiger partial charge in [-0.25, -0.2) is 9.59 Å². The third kappa shape index (κ3) is 6.99. The summed E-state index contributed by atoms with van der Waals surface area (Å²) in [7, 11) is 0. The molecule has 0 amide bonds. The van der Waals surface area contributed by atoms with Crippen molar-refractivity contribution in [2.45, 2.75) is 0 Å². The van der Waals surface area contributed by atoms with Gasteiger partial charge in [-0.2, -0.15) is 0 Å². The van der Waals surface area contributed by atoms with E-state index in [1.54, 1.807) is 0 Å². The summed E-state index contributed by atoms with van der Waals surface area (Å²) in [4.78, 5) is 18.2. The maximum Gasteiger partial charge on any atom is 1.00 e. The first-order valence-corrected chi connectivity index (χ1v) is 1.11. The van der Waals surface area contributed by atoms with Gasteiger partial charge >= 0.3 is 80.8 Å². The predicted octanol–water partition coefficient (Wildman–Crippen LogP) is -3.73. The summed E-state index contributed by atoms with van der Waals surface area (Å²) in [5, 5.41) is 14.8.